The number of sulfonamides is 1. The first-order valence-electron chi connectivity index (χ1n) is 8.33. The molecule has 0 spiro atoms. The van der Waals surface area contributed by atoms with E-state index in [0.29, 0.717) is 23.7 Å². The zero-order valence-corrected chi connectivity index (χ0v) is 16.7. The second-order valence-electron chi connectivity index (χ2n) is 5.99. The highest BCUT2D eigenvalue weighted by molar-refractivity contribution is 7.89. The number of halogens is 1. The molecule has 0 aliphatic carbocycles. The van der Waals surface area contributed by atoms with Crippen molar-refractivity contribution in [3.05, 3.63) is 51.2 Å². The molecule has 10 heteroatoms. The number of carbonyl (C=O) groups excluding carboxylic acids is 2. The molecule has 0 saturated carbocycles. The van der Waals surface area contributed by atoms with Gasteiger partial charge in [-0.15, -0.1) is 11.3 Å². The summed E-state index contributed by atoms with van der Waals surface area (Å²) >= 11 is 6.79. The smallest absolute Gasteiger partial charge is 0.267 e. The molecule has 2 N–H and O–H groups in total. The van der Waals surface area contributed by atoms with Gasteiger partial charge < -0.3 is 0 Å². The number of thiophene rings is 1. The second-order valence-corrected chi connectivity index (χ2v) is 9.25. The summed E-state index contributed by atoms with van der Waals surface area (Å²) in [7, 11) is -3.73. The molecule has 1 aromatic carbocycles. The summed E-state index contributed by atoms with van der Waals surface area (Å²) in [6.07, 6.45) is 2.61. The van der Waals surface area contributed by atoms with E-state index in [1.807, 2.05) is 0 Å². The highest BCUT2D eigenvalue weighted by atomic mass is 35.5. The summed E-state index contributed by atoms with van der Waals surface area (Å²) in [4.78, 5) is 24.5. The van der Waals surface area contributed by atoms with E-state index in [4.69, 9.17) is 11.6 Å². The third kappa shape index (κ3) is 4.49. The normalized spacial score (nSPS) is 15.3. The zero-order valence-electron chi connectivity index (χ0n) is 14.3. The number of nitrogens with zero attached hydrogens (tertiary/aromatic N) is 1. The van der Waals surface area contributed by atoms with Crippen LogP contribution in [0.2, 0.25) is 5.02 Å². The SMILES string of the molecule is O=C(NNC(=O)c1sccc1S(=O)(=O)N1CCCCC1)c1ccc(Cl)cc1. The molecule has 0 radical (unpaired) electrons. The van der Waals surface area contributed by atoms with Crippen LogP contribution in [0.25, 0.3) is 0 Å². The van der Waals surface area contributed by atoms with Gasteiger partial charge in [0, 0.05) is 23.7 Å². The van der Waals surface area contributed by atoms with Crippen LogP contribution < -0.4 is 10.9 Å². The average molecular weight is 428 g/mol. The first-order chi connectivity index (χ1) is 12.9. The Morgan fingerprint density at radius 1 is 0.963 bits per heavy atom. The Hall–Kier alpha value is -1.94. The number of nitrogens with one attached hydrogen (secondary N) is 2. The summed E-state index contributed by atoms with van der Waals surface area (Å²) in [6.45, 7) is 0.902. The molecule has 7 nitrogen and oxygen atoms in total. The Labute approximate surface area is 166 Å². The Balaban J connectivity index is 1.70. The van der Waals surface area contributed by atoms with Gasteiger partial charge in [-0.3, -0.25) is 20.4 Å². The largest absolute Gasteiger partial charge is 0.281 e. The fraction of sp³-hybridized carbons (Fsp3) is 0.294. The maximum Gasteiger partial charge on any atom is 0.281 e. The predicted molar refractivity (Wildman–Crippen MR) is 103 cm³/mol. The lowest BCUT2D eigenvalue weighted by molar-refractivity contribution is 0.0847. The number of hydrogen-bond acceptors (Lipinski definition) is 5. The first kappa shape index (κ1) is 19.8. The molecule has 2 aromatic rings. The monoisotopic (exact) mass is 427 g/mol. The minimum Gasteiger partial charge on any atom is -0.267 e. The number of amides is 2. The van der Waals surface area contributed by atoms with Crippen LogP contribution in [0.1, 0.15) is 39.3 Å². The molecule has 2 heterocycles. The van der Waals surface area contributed by atoms with Gasteiger partial charge in [-0.25, -0.2) is 8.42 Å². The second kappa shape index (κ2) is 8.39. The number of piperidine rings is 1. The minimum absolute atomic E-state index is 0.0346. The van der Waals surface area contributed by atoms with Crippen LogP contribution in [-0.4, -0.2) is 37.6 Å². The molecule has 0 atom stereocenters. The molecule has 3 rings (SSSR count). The Morgan fingerprint density at radius 3 is 2.26 bits per heavy atom. The van der Waals surface area contributed by atoms with E-state index in [1.165, 1.54) is 22.5 Å². The molecule has 1 aromatic heterocycles. The summed E-state index contributed by atoms with van der Waals surface area (Å²) in [5.74, 6) is -1.21. The van der Waals surface area contributed by atoms with E-state index in [0.717, 1.165) is 30.6 Å². The molecule has 144 valence electrons. The van der Waals surface area contributed by atoms with Crippen molar-refractivity contribution in [2.24, 2.45) is 0 Å². The van der Waals surface area contributed by atoms with Crippen LogP contribution in [0, 0.1) is 0 Å². The Bertz CT molecular complexity index is 935. The van der Waals surface area contributed by atoms with Crippen molar-refractivity contribution in [3.8, 4) is 0 Å². The molecule has 27 heavy (non-hydrogen) atoms. The number of carbonyl (C=O) groups is 2. The number of benzene rings is 1. The quantitative estimate of drug-likeness (QED) is 0.733. The minimum atomic E-state index is -3.73. The van der Waals surface area contributed by atoms with Crippen molar-refractivity contribution < 1.29 is 18.0 Å². The maximum absolute atomic E-state index is 12.8. The third-order valence-electron chi connectivity index (χ3n) is 4.16. The van der Waals surface area contributed by atoms with E-state index in [1.54, 1.807) is 17.5 Å². The zero-order chi connectivity index (χ0) is 19.4. The van der Waals surface area contributed by atoms with Crippen molar-refractivity contribution in [3.63, 3.8) is 0 Å². The van der Waals surface area contributed by atoms with E-state index < -0.39 is 21.8 Å². The maximum atomic E-state index is 12.8. The summed E-state index contributed by atoms with van der Waals surface area (Å²) < 4.78 is 27.0. The summed E-state index contributed by atoms with van der Waals surface area (Å²) in [6, 6.07) is 7.56. The Morgan fingerprint density at radius 2 is 1.59 bits per heavy atom. The van der Waals surface area contributed by atoms with E-state index in [9.17, 15) is 18.0 Å². The first-order valence-corrected chi connectivity index (χ1v) is 11.0. The molecular formula is C17H18ClN3O4S2. The van der Waals surface area contributed by atoms with Crippen LogP contribution in [0.5, 0.6) is 0 Å². The van der Waals surface area contributed by atoms with E-state index in [-0.39, 0.29) is 9.77 Å². The molecule has 1 aliphatic rings. The molecule has 0 unspecified atom stereocenters. The standard InChI is InChI=1S/C17H18ClN3O4S2/c18-13-6-4-12(5-7-13)16(22)19-20-17(23)15-14(8-11-26-15)27(24,25)21-9-2-1-3-10-21/h4-8,11H,1-3,9-10H2,(H,19,22)(H,20,23). The van der Waals surface area contributed by atoms with Gasteiger partial charge in [0.2, 0.25) is 10.0 Å². The summed E-state index contributed by atoms with van der Waals surface area (Å²) in [5, 5.41) is 2.04. The van der Waals surface area contributed by atoms with E-state index >= 15 is 0 Å². The molecule has 1 saturated heterocycles. The van der Waals surface area contributed by atoms with Gasteiger partial charge in [0.1, 0.15) is 9.77 Å². The number of rotatable bonds is 4. The predicted octanol–water partition coefficient (Wildman–Crippen LogP) is 2.65. The van der Waals surface area contributed by atoms with Crippen LogP contribution in [0.4, 0.5) is 0 Å². The number of hydrogen-bond donors (Lipinski definition) is 2. The molecule has 2 amide bonds. The van der Waals surface area contributed by atoms with Crippen LogP contribution >= 0.6 is 22.9 Å². The van der Waals surface area contributed by atoms with Gasteiger partial charge >= 0.3 is 0 Å². The molecular weight excluding hydrogens is 410 g/mol. The molecule has 1 fully saturated rings. The van der Waals surface area contributed by atoms with Gasteiger partial charge in [0.25, 0.3) is 11.8 Å². The van der Waals surface area contributed by atoms with Crippen molar-refractivity contribution in [1.29, 1.82) is 0 Å². The van der Waals surface area contributed by atoms with Crippen molar-refractivity contribution >= 4 is 44.8 Å². The van der Waals surface area contributed by atoms with Gasteiger partial charge in [0.05, 0.1) is 0 Å². The lowest BCUT2D eigenvalue weighted by atomic mass is 10.2. The lowest BCUT2D eigenvalue weighted by Crippen LogP contribution is -2.42. The average Bonchev–Trinajstić information content (AvgIpc) is 3.18. The summed E-state index contributed by atoms with van der Waals surface area (Å²) in [5.41, 5.74) is 4.86. The highest BCUT2D eigenvalue weighted by Gasteiger charge is 2.31. The highest BCUT2D eigenvalue weighted by Crippen LogP contribution is 2.27. The van der Waals surface area contributed by atoms with Crippen molar-refractivity contribution in [2.45, 2.75) is 24.2 Å². The van der Waals surface area contributed by atoms with Gasteiger partial charge in [-0.05, 0) is 48.6 Å². The number of hydrazine groups is 1. The van der Waals surface area contributed by atoms with Gasteiger partial charge in [-0.2, -0.15) is 4.31 Å². The third-order valence-corrected chi connectivity index (χ3v) is 7.40. The lowest BCUT2D eigenvalue weighted by Gasteiger charge is -2.25. The Kier molecular flexibility index (Phi) is 6.15. The van der Waals surface area contributed by atoms with Crippen LogP contribution in [0.15, 0.2) is 40.6 Å². The van der Waals surface area contributed by atoms with Crippen molar-refractivity contribution in [2.75, 3.05) is 13.1 Å². The van der Waals surface area contributed by atoms with Gasteiger partial charge in [-0.1, -0.05) is 18.0 Å². The fourth-order valence-electron chi connectivity index (χ4n) is 2.75. The van der Waals surface area contributed by atoms with Crippen molar-refractivity contribution in [1.82, 2.24) is 15.2 Å². The van der Waals surface area contributed by atoms with Gasteiger partial charge in [0.15, 0.2) is 0 Å². The van der Waals surface area contributed by atoms with Crippen LogP contribution in [0.3, 0.4) is 0 Å². The van der Waals surface area contributed by atoms with Crippen LogP contribution in [-0.2, 0) is 10.0 Å². The van der Waals surface area contributed by atoms with E-state index in [2.05, 4.69) is 10.9 Å². The fourth-order valence-corrected chi connectivity index (χ4v) is 5.69. The topological polar surface area (TPSA) is 95.6 Å². The molecule has 0 bridgehead atoms. The molecule has 1 aliphatic heterocycles.